The van der Waals surface area contributed by atoms with Gasteiger partial charge in [0.05, 0.1) is 31.5 Å². The fourth-order valence-electron chi connectivity index (χ4n) is 4.04. The van der Waals surface area contributed by atoms with Crippen LogP contribution in [0.3, 0.4) is 0 Å². The maximum Gasteiger partial charge on any atom is 0.264 e. The summed E-state index contributed by atoms with van der Waals surface area (Å²) in [5.41, 5.74) is 3.08. The molecule has 4 heterocycles. The topological polar surface area (TPSA) is 56.6 Å². The van der Waals surface area contributed by atoms with E-state index in [1.807, 2.05) is 59.6 Å². The number of rotatable bonds is 4. The Morgan fingerprint density at radius 3 is 2.86 bits per heavy atom. The number of ether oxygens (including phenoxy) is 2. The average molecular weight is 389 g/mol. The van der Waals surface area contributed by atoms with Crippen LogP contribution < -0.4 is 4.74 Å². The minimum absolute atomic E-state index is 0.0160. The Morgan fingerprint density at radius 1 is 1.10 bits per heavy atom. The molecule has 148 valence electrons. The van der Waals surface area contributed by atoms with E-state index in [1.165, 1.54) is 0 Å². The lowest BCUT2D eigenvalue weighted by molar-refractivity contribution is -0.140. The van der Waals surface area contributed by atoms with Gasteiger partial charge in [-0.05, 0) is 35.9 Å². The molecule has 0 aliphatic carbocycles. The summed E-state index contributed by atoms with van der Waals surface area (Å²) in [5, 5.41) is 0. The molecule has 0 N–H and O–H groups in total. The number of pyridine rings is 1. The van der Waals surface area contributed by atoms with E-state index in [0.717, 1.165) is 22.7 Å². The Balaban J connectivity index is 1.32. The van der Waals surface area contributed by atoms with Crippen molar-refractivity contribution in [3.63, 3.8) is 0 Å². The van der Waals surface area contributed by atoms with Crippen molar-refractivity contribution in [1.29, 1.82) is 0 Å². The van der Waals surface area contributed by atoms with Crippen molar-refractivity contribution in [1.82, 2.24) is 14.5 Å². The number of hydrogen-bond acceptors (Lipinski definition) is 4. The van der Waals surface area contributed by atoms with Crippen molar-refractivity contribution in [2.24, 2.45) is 0 Å². The summed E-state index contributed by atoms with van der Waals surface area (Å²) in [6.45, 7) is 2.23. The molecule has 1 amide bonds. The number of amides is 1. The molecule has 3 aromatic rings. The van der Waals surface area contributed by atoms with Crippen LogP contribution in [0.2, 0.25) is 0 Å². The molecule has 2 aliphatic rings. The predicted molar refractivity (Wildman–Crippen MR) is 107 cm³/mol. The SMILES string of the molecule is O=C([C@H]1Cc2ccccc2O1)N1Cc2cccn2C[C@@H](OCc2ccccn2)C1. The van der Waals surface area contributed by atoms with Gasteiger partial charge in [0, 0.05) is 31.1 Å². The quantitative estimate of drug-likeness (QED) is 0.689. The first kappa shape index (κ1) is 17.9. The van der Waals surface area contributed by atoms with Crippen LogP contribution in [0.1, 0.15) is 17.0 Å². The molecule has 29 heavy (non-hydrogen) atoms. The van der Waals surface area contributed by atoms with Crippen LogP contribution in [0, 0.1) is 0 Å². The van der Waals surface area contributed by atoms with Gasteiger partial charge in [-0.1, -0.05) is 24.3 Å². The van der Waals surface area contributed by atoms with Crippen LogP contribution in [0.5, 0.6) is 5.75 Å². The van der Waals surface area contributed by atoms with Crippen molar-refractivity contribution < 1.29 is 14.3 Å². The second kappa shape index (κ2) is 7.72. The monoisotopic (exact) mass is 389 g/mol. The highest BCUT2D eigenvalue weighted by Gasteiger charge is 2.35. The van der Waals surface area contributed by atoms with E-state index in [2.05, 4.69) is 15.6 Å². The predicted octanol–water partition coefficient (Wildman–Crippen LogP) is 2.81. The molecular weight excluding hydrogens is 366 g/mol. The lowest BCUT2D eigenvalue weighted by Gasteiger charge is -2.26. The van der Waals surface area contributed by atoms with E-state index in [-0.39, 0.29) is 12.0 Å². The fraction of sp³-hybridized carbons (Fsp3) is 0.304. The van der Waals surface area contributed by atoms with E-state index in [1.54, 1.807) is 6.20 Å². The maximum absolute atomic E-state index is 13.3. The summed E-state index contributed by atoms with van der Waals surface area (Å²) < 4.78 is 14.3. The number of aromatic nitrogens is 2. The van der Waals surface area contributed by atoms with Crippen molar-refractivity contribution in [2.45, 2.75) is 38.3 Å². The molecule has 0 unspecified atom stereocenters. The van der Waals surface area contributed by atoms with Crippen molar-refractivity contribution in [3.05, 3.63) is 83.9 Å². The Labute approximate surface area is 169 Å². The molecule has 0 saturated heterocycles. The maximum atomic E-state index is 13.3. The van der Waals surface area contributed by atoms with Gasteiger partial charge in [-0.15, -0.1) is 0 Å². The lowest BCUT2D eigenvalue weighted by Crippen LogP contribution is -2.44. The van der Waals surface area contributed by atoms with Gasteiger partial charge in [-0.2, -0.15) is 0 Å². The van der Waals surface area contributed by atoms with Gasteiger partial charge in [0.15, 0.2) is 6.10 Å². The summed E-state index contributed by atoms with van der Waals surface area (Å²) >= 11 is 0. The zero-order valence-corrected chi connectivity index (χ0v) is 16.1. The van der Waals surface area contributed by atoms with E-state index >= 15 is 0 Å². The van der Waals surface area contributed by atoms with E-state index in [0.29, 0.717) is 32.7 Å². The molecule has 0 fully saturated rings. The number of carbonyl (C=O) groups is 1. The van der Waals surface area contributed by atoms with Gasteiger partial charge >= 0.3 is 0 Å². The second-order valence-corrected chi connectivity index (χ2v) is 7.54. The summed E-state index contributed by atoms with van der Waals surface area (Å²) in [6, 6.07) is 17.7. The summed E-state index contributed by atoms with van der Waals surface area (Å²) in [5.74, 6) is 0.828. The van der Waals surface area contributed by atoms with E-state index in [4.69, 9.17) is 9.47 Å². The number of fused-ring (bicyclic) bond motifs is 2. The first-order valence-corrected chi connectivity index (χ1v) is 9.95. The molecule has 0 saturated carbocycles. The van der Waals surface area contributed by atoms with Gasteiger partial charge in [-0.3, -0.25) is 9.78 Å². The average Bonchev–Trinajstić information content (AvgIpc) is 3.34. The van der Waals surface area contributed by atoms with Crippen molar-refractivity contribution in [3.8, 4) is 5.75 Å². The van der Waals surface area contributed by atoms with Crippen molar-refractivity contribution in [2.75, 3.05) is 6.54 Å². The van der Waals surface area contributed by atoms with E-state index < -0.39 is 6.10 Å². The van der Waals surface area contributed by atoms with Crippen LogP contribution in [0.15, 0.2) is 67.0 Å². The molecule has 0 spiro atoms. The summed E-state index contributed by atoms with van der Waals surface area (Å²) in [4.78, 5) is 19.5. The molecule has 1 aromatic carbocycles. The molecule has 0 radical (unpaired) electrons. The zero-order valence-electron chi connectivity index (χ0n) is 16.1. The Kier molecular flexibility index (Phi) is 4.77. The van der Waals surface area contributed by atoms with Gasteiger partial charge in [0.1, 0.15) is 5.75 Å². The molecule has 6 nitrogen and oxygen atoms in total. The minimum Gasteiger partial charge on any atom is -0.480 e. The second-order valence-electron chi connectivity index (χ2n) is 7.54. The van der Waals surface area contributed by atoms with Crippen LogP contribution in [-0.4, -0.2) is 39.1 Å². The highest BCUT2D eigenvalue weighted by Crippen LogP contribution is 2.29. The third-order valence-corrected chi connectivity index (χ3v) is 5.53. The van der Waals surface area contributed by atoms with Gasteiger partial charge in [0.2, 0.25) is 0 Å². The molecule has 2 atom stereocenters. The molecule has 5 rings (SSSR count). The van der Waals surface area contributed by atoms with Crippen LogP contribution in [-0.2, 0) is 35.6 Å². The molecule has 0 bridgehead atoms. The number of nitrogens with zero attached hydrogens (tertiary/aromatic N) is 3. The standard InChI is InChI=1S/C23H23N3O3/c27-23(22-12-17-6-1-2-9-21(17)29-22)26-13-19-8-5-11-25(19)14-20(15-26)28-16-18-7-3-4-10-24-18/h1-11,20,22H,12-16H2/t20-,22-/m1/s1. The van der Waals surface area contributed by atoms with Crippen LogP contribution in [0.4, 0.5) is 0 Å². The number of para-hydroxylation sites is 1. The Morgan fingerprint density at radius 2 is 2.00 bits per heavy atom. The molecule has 2 aromatic heterocycles. The number of carbonyl (C=O) groups excluding carboxylic acids is 1. The highest BCUT2D eigenvalue weighted by molar-refractivity contribution is 5.82. The fourth-order valence-corrected chi connectivity index (χ4v) is 4.04. The number of hydrogen-bond donors (Lipinski definition) is 0. The summed E-state index contributed by atoms with van der Waals surface area (Å²) in [7, 11) is 0. The third-order valence-electron chi connectivity index (χ3n) is 5.53. The van der Waals surface area contributed by atoms with Gasteiger partial charge in [-0.25, -0.2) is 0 Å². The first-order valence-electron chi connectivity index (χ1n) is 9.95. The minimum atomic E-state index is -0.467. The molecule has 2 aliphatic heterocycles. The number of benzene rings is 1. The Hall–Kier alpha value is -3.12. The Bertz CT molecular complexity index is 976. The zero-order chi connectivity index (χ0) is 19.6. The third kappa shape index (κ3) is 3.76. The molecule has 6 heteroatoms. The van der Waals surface area contributed by atoms with Gasteiger partial charge in [0.25, 0.3) is 5.91 Å². The first-order chi connectivity index (χ1) is 14.3. The smallest absolute Gasteiger partial charge is 0.264 e. The van der Waals surface area contributed by atoms with Crippen LogP contribution >= 0.6 is 0 Å². The van der Waals surface area contributed by atoms with Crippen molar-refractivity contribution >= 4 is 5.91 Å². The van der Waals surface area contributed by atoms with Gasteiger partial charge < -0.3 is 18.9 Å². The van der Waals surface area contributed by atoms with E-state index in [9.17, 15) is 4.79 Å². The lowest BCUT2D eigenvalue weighted by atomic mass is 10.1. The largest absolute Gasteiger partial charge is 0.480 e. The van der Waals surface area contributed by atoms with Crippen LogP contribution in [0.25, 0.3) is 0 Å². The normalized spacial score (nSPS) is 20.5. The molecular formula is C23H23N3O3. The highest BCUT2D eigenvalue weighted by atomic mass is 16.5. The summed E-state index contributed by atoms with van der Waals surface area (Å²) in [6.07, 6.45) is 3.85.